The Labute approximate surface area is 221 Å². The van der Waals surface area contributed by atoms with Crippen molar-refractivity contribution in [3.8, 4) is 22.3 Å². The van der Waals surface area contributed by atoms with Gasteiger partial charge in [0.05, 0.1) is 0 Å². The molecule has 7 aromatic rings. The Morgan fingerprint density at radius 1 is 0.526 bits per heavy atom. The van der Waals surface area contributed by atoms with E-state index in [0.717, 1.165) is 45.8 Å². The summed E-state index contributed by atoms with van der Waals surface area (Å²) < 4.78 is 6.53. The summed E-state index contributed by atoms with van der Waals surface area (Å²) >= 11 is 0. The first-order chi connectivity index (χ1) is 18.8. The summed E-state index contributed by atoms with van der Waals surface area (Å²) in [7, 11) is 6.56. The normalized spacial score (nSPS) is 13.1. The highest BCUT2D eigenvalue weighted by Gasteiger charge is 2.20. The molecule has 0 fully saturated rings. The van der Waals surface area contributed by atoms with Gasteiger partial charge in [0.2, 0.25) is 0 Å². The zero-order valence-electron chi connectivity index (χ0n) is 20.9. The van der Waals surface area contributed by atoms with Crippen molar-refractivity contribution < 1.29 is 4.42 Å². The molecule has 176 valence electrons. The van der Waals surface area contributed by atoms with E-state index in [9.17, 15) is 0 Å². The zero-order chi connectivity index (χ0) is 25.2. The third-order valence-electron chi connectivity index (χ3n) is 7.99. The second-order valence-electron chi connectivity index (χ2n) is 10.2. The van der Waals surface area contributed by atoms with Crippen LogP contribution in [-0.2, 0) is 0 Å². The molecule has 1 aromatic heterocycles. The Hall–Kier alpha value is -4.56. The van der Waals surface area contributed by atoms with E-state index >= 15 is 0 Å². The van der Waals surface area contributed by atoms with Crippen molar-refractivity contribution in [2.75, 3.05) is 0 Å². The maximum absolute atomic E-state index is 6.56. The summed E-state index contributed by atoms with van der Waals surface area (Å²) in [4.78, 5) is 0. The lowest BCUT2D eigenvalue weighted by molar-refractivity contribution is 0.670. The van der Waals surface area contributed by atoms with Crippen molar-refractivity contribution in [2.45, 2.75) is 12.8 Å². The van der Waals surface area contributed by atoms with Gasteiger partial charge < -0.3 is 4.42 Å². The average molecular weight is 482 g/mol. The molecule has 0 spiro atoms. The first-order valence-corrected chi connectivity index (χ1v) is 13.2. The Morgan fingerprint density at radius 2 is 1.13 bits per heavy atom. The molecule has 0 saturated carbocycles. The highest BCUT2D eigenvalue weighted by atomic mass is 16.3. The van der Waals surface area contributed by atoms with Gasteiger partial charge in [0, 0.05) is 21.9 Å². The Morgan fingerprint density at radius 3 is 1.89 bits per heavy atom. The van der Waals surface area contributed by atoms with E-state index in [1.165, 1.54) is 48.7 Å². The lowest BCUT2D eigenvalue weighted by Crippen LogP contribution is -2.31. The van der Waals surface area contributed by atoms with Gasteiger partial charge in [-0.1, -0.05) is 115 Å². The highest BCUT2D eigenvalue weighted by Crippen LogP contribution is 2.39. The summed E-state index contributed by atoms with van der Waals surface area (Å²) in [6, 6.07) is 36.5. The smallest absolute Gasteiger partial charge is 0.143 e. The van der Waals surface area contributed by atoms with E-state index < -0.39 is 0 Å². The van der Waals surface area contributed by atoms with Crippen molar-refractivity contribution in [3.05, 3.63) is 114 Å². The van der Waals surface area contributed by atoms with E-state index in [2.05, 4.69) is 97.1 Å². The van der Waals surface area contributed by atoms with E-state index in [1.807, 2.05) is 18.2 Å². The SMILES string of the molecule is [B]c1cc(-c2c3c(c(-c4cccc5ccccc45)c4ccccc24)=CCCC=3)c2oc3ccccc3c2c1. The van der Waals surface area contributed by atoms with Gasteiger partial charge in [-0.15, -0.1) is 0 Å². The number of fused-ring (bicyclic) bond motifs is 6. The predicted octanol–water partition coefficient (Wildman–Crippen LogP) is 7.38. The molecule has 0 unspecified atom stereocenters. The van der Waals surface area contributed by atoms with Crippen LogP contribution in [0, 0.1) is 0 Å². The fourth-order valence-electron chi connectivity index (χ4n) is 6.42. The lowest BCUT2D eigenvalue weighted by atomic mass is 9.83. The average Bonchev–Trinajstić information content (AvgIpc) is 3.34. The van der Waals surface area contributed by atoms with Gasteiger partial charge in [-0.2, -0.15) is 0 Å². The molecule has 2 radical (unpaired) electrons. The topological polar surface area (TPSA) is 13.1 Å². The minimum Gasteiger partial charge on any atom is -0.455 e. The minimum atomic E-state index is 0.745. The molecular weight excluding hydrogens is 459 g/mol. The van der Waals surface area contributed by atoms with Crippen LogP contribution in [0.25, 0.3) is 77.9 Å². The highest BCUT2D eigenvalue weighted by molar-refractivity contribution is 6.35. The Balaban J connectivity index is 1.58. The predicted molar refractivity (Wildman–Crippen MR) is 162 cm³/mol. The van der Waals surface area contributed by atoms with Crippen LogP contribution in [0.2, 0.25) is 0 Å². The van der Waals surface area contributed by atoms with Crippen molar-refractivity contribution in [3.63, 3.8) is 0 Å². The van der Waals surface area contributed by atoms with E-state index in [-0.39, 0.29) is 0 Å². The molecule has 0 bridgehead atoms. The van der Waals surface area contributed by atoms with Gasteiger partial charge in [-0.25, -0.2) is 0 Å². The zero-order valence-corrected chi connectivity index (χ0v) is 20.9. The third kappa shape index (κ3) is 3.07. The summed E-state index contributed by atoms with van der Waals surface area (Å²) in [5, 5.41) is 9.72. The van der Waals surface area contributed by atoms with Crippen LogP contribution in [0.15, 0.2) is 108 Å². The molecule has 1 heterocycles. The van der Waals surface area contributed by atoms with Gasteiger partial charge in [-0.3, -0.25) is 0 Å². The molecule has 8 rings (SSSR count). The number of para-hydroxylation sites is 1. The van der Waals surface area contributed by atoms with Crippen molar-refractivity contribution in [1.29, 1.82) is 0 Å². The molecule has 0 atom stereocenters. The minimum absolute atomic E-state index is 0.745. The Bertz CT molecular complexity index is 2190. The first kappa shape index (κ1) is 21.5. The second kappa shape index (κ2) is 8.23. The van der Waals surface area contributed by atoms with Crippen LogP contribution >= 0.6 is 0 Å². The quantitative estimate of drug-likeness (QED) is 0.235. The fraction of sp³-hybridized carbons (Fsp3) is 0.0556. The number of furan rings is 1. The maximum Gasteiger partial charge on any atom is 0.143 e. The molecule has 1 aliphatic rings. The van der Waals surface area contributed by atoms with E-state index in [1.54, 1.807) is 0 Å². The largest absolute Gasteiger partial charge is 0.455 e. The van der Waals surface area contributed by atoms with E-state index in [4.69, 9.17) is 12.3 Å². The summed E-state index contributed by atoms with van der Waals surface area (Å²) in [5.41, 5.74) is 7.36. The number of hydrogen-bond acceptors (Lipinski definition) is 1. The van der Waals surface area contributed by atoms with Gasteiger partial charge in [-0.05, 0) is 62.0 Å². The van der Waals surface area contributed by atoms with Crippen LogP contribution in [0.1, 0.15) is 12.8 Å². The van der Waals surface area contributed by atoms with Gasteiger partial charge >= 0.3 is 0 Å². The standard InChI is InChI=1S/C36H23BO/c37-23-20-31-25-13-7-8-19-33(25)38-36(31)32(21-23)35-29-16-5-3-14-27(29)34(28-15-4-6-17-30(28)35)26-18-9-11-22-10-1-2-12-24(22)26/h1-3,5,7-21H,4,6H2. The maximum atomic E-state index is 6.56. The number of hydrogen-bond donors (Lipinski definition) is 0. The lowest BCUT2D eigenvalue weighted by Gasteiger charge is -2.19. The summed E-state index contributed by atoms with van der Waals surface area (Å²) in [6.45, 7) is 0. The van der Waals surface area contributed by atoms with Crippen LogP contribution in [0.3, 0.4) is 0 Å². The van der Waals surface area contributed by atoms with Crippen molar-refractivity contribution in [1.82, 2.24) is 0 Å². The van der Waals surface area contributed by atoms with Crippen LogP contribution in [0.5, 0.6) is 0 Å². The molecule has 0 amide bonds. The number of rotatable bonds is 2. The molecule has 1 aliphatic carbocycles. The first-order valence-electron chi connectivity index (χ1n) is 13.2. The van der Waals surface area contributed by atoms with Crippen molar-refractivity contribution >= 4 is 68.9 Å². The molecule has 1 nitrogen and oxygen atoms in total. The van der Waals surface area contributed by atoms with Crippen LogP contribution < -0.4 is 15.9 Å². The molecule has 0 aliphatic heterocycles. The third-order valence-corrected chi connectivity index (χ3v) is 7.99. The molecule has 6 aromatic carbocycles. The van der Waals surface area contributed by atoms with Gasteiger partial charge in [0.15, 0.2) is 0 Å². The van der Waals surface area contributed by atoms with Gasteiger partial charge in [0.25, 0.3) is 0 Å². The van der Waals surface area contributed by atoms with Crippen molar-refractivity contribution in [2.24, 2.45) is 0 Å². The molecule has 0 N–H and O–H groups in total. The second-order valence-corrected chi connectivity index (χ2v) is 10.2. The molecule has 2 heteroatoms. The summed E-state index contributed by atoms with van der Waals surface area (Å²) in [6.07, 6.45) is 6.87. The summed E-state index contributed by atoms with van der Waals surface area (Å²) in [5.74, 6) is 0. The van der Waals surface area contributed by atoms with E-state index in [0.29, 0.717) is 0 Å². The molecule has 38 heavy (non-hydrogen) atoms. The fourth-order valence-corrected chi connectivity index (χ4v) is 6.42. The monoisotopic (exact) mass is 482 g/mol. The Kier molecular flexibility index (Phi) is 4.66. The van der Waals surface area contributed by atoms with Crippen LogP contribution in [-0.4, -0.2) is 7.85 Å². The molecule has 0 saturated heterocycles. The number of benzene rings is 6. The van der Waals surface area contributed by atoms with Gasteiger partial charge in [0.1, 0.15) is 19.0 Å². The van der Waals surface area contributed by atoms with Crippen LogP contribution in [0.4, 0.5) is 0 Å². The molecular formula is C36H23BO.